The second kappa shape index (κ2) is 13.3. The van der Waals surface area contributed by atoms with Crippen molar-refractivity contribution in [1.82, 2.24) is 10.2 Å². The Bertz CT molecular complexity index is 1180. The minimum atomic E-state index is -3.53. The molecule has 0 bridgehead atoms. The Morgan fingerprint density at radius 1 is 0.974 bits per heavy atom. The second-order valence-corrected chi connectivity index (χ2v) is 12.6. The van der Waals surface area contributed by atoms with E-state index >= 15 is 0 Å². The summed E-state index contributed by atoms with van der Waals surface area (Å²) in [6, 6.07) is 13.3. The Balaban J connectivity index is 1.76. The quantitative estimate of drug-likeness (QED) is 0.409. The van der Waals surface area contributed by atoms with Gasteiger partial charge in [0.25, 0.3) is 0 Å². The molecule has 0 spiro atoms. The average Bonchev–Trinajstić information content (AvgIpc) is 3.34. The van der Waals surface area contributed by atoms with Gasteiger partial charge in [0.15, 0.2) is 0 Å². The predicted molar refractivity (Wildman–Crippen MR) is 154 cm³/mol. The molecule has 2 aromatic rings. The Morgan fingerprint density at radius 2 is 1.58 bits per heavy atom. The van der Waals surface area contributed by atoms with E-state index in [1.807, 2.05) is 70.2 Å². The molecule has 1 saturated carbocycles. The number of nitrogens with zero attached hydrogens (tertiary/aromatic N) is 2. The number of hydrogen-bond donors (Lipinski definition) is 1. The number of aryl methyl sites for hydroxylation is 3. The second-order valence-electron chi connectivity index (χ2n) is 10.7. The van der Waals surface area contributed by atoms with Crippen molar-refractivity contribution in [3.63, 3.8) is 0 Å². The molecule has 0 aromatic heterocycles. The van der Waals surface area contributed by atoms with Crippen molar-refractivity contribution in [3.8, 4) is 0 Å². The lowest BCUT2D eigenvalue weighted by Gasteiger charge is -2.32. The summed E-state index contributed by atoms with van der Waals surface area (Å²) in [5.74, 6) is -0.249. The van der Waals surface area contributed by atoms with Gasteiger partial charge in [-0.15, -0.1) is 0 Å². The van der Waals surface area contributed by atoms with Crippen LogP contribution in [0.15, 0.2) is 42.5 Å². The van der Waals surface area contributed by atoms with Gasteiger partial charge in [0.2, 0.25) is 21.8 Å². The van der Waals surface area contributed by atoms with E-state index < -0.39 is 16.1 Å². The van der Waals surface area contributed by atoms with Crippen molar-refractivity contribution in [1.29, 1.82) is 0 Å². The van der Waals surface area contributed by atoms with Crippen LogP contribution in [0, 0.1) is 20.8 Å². The SMILES string of the molecule is CC[C@@H](C(=O)NC1CCCC1)N(Cc1ccc(C)cc1)C(=O)CCCN(c1cc(C)cc(C)c1)S(C)(=O)=O. The Morgan fingerprint density at radius 3 is 2.13 bits per heavy atom. The number of rotatable bonds is 12. The first-order valence-electron chi connectivity index (χ1n) is 13.7. The maximum Gasteiger partial charge on any atom is 0.243 e. The highest BCUT2D eigenvalue weighted by atomic mass is 32.2. The van der Waals surface area contributed by atoms with Gasteiger partial charge in [0, 0.05) is 25.6 Å². The van der Waals surface area contributed by atoms with Crippen LogP contribution in [0.1, 0.15) is 74.1 Å². The third-order valence-corrected chi connectivity index (χ3v) is 8.40. The first-order valence-corrected chi connectivity index (χ1v) is 15.5. The minimum Gasteiger partial charge on any atom is -0.352 e. The Hall–Kier alpha value is -2.87. The van der Waals surface area contributed by atoms with Gasteiger partial charge in [-0.2, -0.15) is 0 Å². The Labute approximate surface area is 228 Å². The number of anilines is 1. The minimum absolute atomic E-state index is 0.104. The first kappa shape index (κ1) is 29.7. The van der Waals surface area contributed by atoms with E-state index in [0.29, 0.717) is 25.1 Å². The summed E-state index contributed by atoms with van der Waals surface area (Å²) >= 11 is 0. The topological polar surface area (TPSA) is 86.8 Å². The van der Waals surface area contributed by atoms with Crippen molar-refractivity contribution < 1.29 is 18.0 Å². The van der Waals surface area contributed by atoms with Crippen LogP contribution in [0.5, 0.6) is 0 Å². The smallest absolute Gasteiger partial charge is 0.243 e. The summed E-state index contributed by atoms with van der Waals surface area (Å²) in [6.07, 6.45) is 6.39. The fraction of sp³-hybridized carbons (Fsp3) is 0.533. The highest BCUT2D eigenvalue weighted by Crippen LogP contribution is 2.23. The monoisotopic (exact) mass is 541 g/mol. The third kappa shape index (κ3) is 8.32. The third-order valence-electron chi connectivity index (χ3n) is 7.21. The zero-order chi connectivity index (χ0) is 27.9. The van der Waals surface area contributed by atoms with Crippen molar-refractivity contribution in [3.05, 3.63) is 64.7 Å². The zero-order valence-electron chi connectivity index (χ0n) is 23.5. The van der Waals surface area contributed by atoms with Gasteiger partial charge in [-0.3, -0.25) is 13.9 Å². The maximum absolute atomic E-state index is 13.6. The normalized spacial score (nSPS) is 14.8. The maximum atomic E-state index is 13.6. The molecule has 0 aliphatic heterocycles. The highest BCUT2D eigenvalue weighted by Gasteiger charge is 2.30. The van der Waals surface area contributed by atoms with E-state index in [9.17, 15) is 18.0 Å². The van der Waals surface area contributed by atoms with Gasteiger partial charge in [-0.25, -0.2) is 8.42 Å². The van der Waals surface area contributed by atoms with Crippen LogP contribution >= 0.6 is 0 Å². The predicted octanol–water partition coefficient (Wildman–Crippen LogP) is 5.02. The molecule has 2 aromatic carbocycles. The molecule has 1 aliphatic rings. The number of benzene rings is 2. The summed E-state index contributed by atoms with van der Waals surface area (Å²) in [6.45, 7) is 8.34. The molecule has 8 heteroatoms. The van der Waals surface area contributed by atoms with Gasteiger partial charge in [-0.05, 0) is 75.3 Å². The molecule has 0 radical (unpaired) electrons. The van der Waals surface area contributed by atoms with E-state index in [4.69, 9.17) is 0 Å². The molecule has 7 nitrogen and oxygen atoms in total. The summed E-state index contributed by atoms with van der Waals surface area (Å²) < 4.78 is 26.6. The lowest BCUT2D eigenvalue weighted by molar-refractivity contribution is -0.141. The molecule has 3 rings (SSSR count). The van der Waals surface area contributed by atoms with Gasteiger partial charge in [0.05, 0.1) is 11.9 Å². The van der Waals surface area contributed by atoms with Gasteiger partial charge >= 0.3 is 0 Å². The lowest BCUT2D eigenvalue weighted by atomic mass is 10.1. The van der Waals surface area contributed by atoms with Gasteiger partial charge < -0.3 is 10.2 Å². The molecule has 0 unspecified atom stereocenters. The number of nitrogens with one attached hydrogen (secondary N) is 1. The molecular formula is C30H43N3O4S. The molecule has 0 saturated heterocycles. The van der Waals surface area contributed by atoms with Crippen LogP contribution < -0.4 is 9.62 Å². The molecule has 1 fully saturated rings. The van der Waals surface area contributed by atoms with E-state index in [1.54, 1.807) is 4.90 Å². The molecule has 38 heavy (non-hydrogen) atoms. The van der Waals surface area contributed by atoms with Gasteiger partial charge in [-0.1, -0.05) is 55.7 Å². The fourth-order valence-electron chi connectivity index (χ4n) is 5.28. The molecular weight excluding hydrogens is 498 g/mol. The molecule has 2 amide bonds. The number of amides is 2. The van der Waals surface area contributed by atoms with Crippen LogP contribution in [0.4, 0.5) is 5.69 Å². The van der Waals surface area contributed by atoms with Crippen molar-refractivity contribution in [2.45, 2.75) is 91.3 Å². The van der Waals surface area contributed by atoms with Crippen molar-refractivity contribution in [2.75, 3.05) is 17.1 Å². The average molecular weight is 542 g/mol. The number of hydrogen-bond acceptors (Lipinski definition) is 4. The van der Waals surface area contributed by atoms with Crippen molar-refractivity contribution >= 4 is 27.5 Å². The summed E-state index contributed by atoms with van der Waals surface area (Å²) in [4.78, 5) is 28.6. The summed E-state index contributed by atoms with van der Waals surface area (Å²) in [5, 5.41) is 3.17. The molecule has 0 heterocycles. The Kier molecular flexibility index (Phi) is 10.4. The van der Waals surface area contributed by atoms with E-state index in [1.165, 1.54) is 10.6 Å². The number of carbonyl (C=O) groups excluding carboxylic acids is 2. The van der Waals surface area contributed by atoms with E-state index in [-0.39, 0.29) is 30.8 Å². The van der Waals surface area contributed by atoms with Crippen LogP contribution in [0.3, 0.4) is 0 Å². The molecule has 1 aliphatic carbocycles. The number of carbonyl (C=O) groups is 2. The fourth-order valence-corrected chi connectivity index (χ4v) is 6.22. The largest absolute Gasteiger partial charge is 0.352 e. The lowest BCUT2D eigenvalue weighted by Crippen LogP contribution is -2.51. The van der Waals surface area contributed by atoms with Crippen LogP contribution in [-0.4, -0.2) is 50.0 Å². The number of sulfonamides is 1. The van der Waals surface area contributed by atoms with Crippen LogP contribution in [-0.2, 0) is 26.2 Å². The summed E-state index contributed by atoms with van der Waals surface area (Å²) in [5.41, 5.74) is 4.66. The molecule has 1 N–H and O–H groups in total. The van der Waals surface area contributed by atoms with Crippen LogP contribution in [0.25, 0.3) is 0 Å². The van der Waals surface area contributed by atoms with Crippen molar-refractivity contribution in [2.24, 2.45) is 0 Å². The molecule has 1 atom stereocenters. The molecule has 208 valence electrons. The van der Waals surface area contributed by atoms with E-state index in [0.717, 1.165) is 47.9 Å². The summed E-state index contributed by atoms with van der Waals surface area (Å²) in [7, 11) is -3.53. The first-order chi connectivity index (χ1) is 18.0. The zero-order valence-corrected chi connectivity index (χ0v) is 24.3. The van der Waals surface area contributed by atoms with Crippen LogP contribution in [0.2, 0.25) is 0 Å². The van der Waals surface area contributed by atoms with Gasteiger partial charge in [0.1, 0.15) is 6.04 Å². The van der Waals surface area contributed by atoms with E-state index in [2.05, 4.69) is 5.32 Å². The highest BCUT2D eigenvalue weighted by molar-refractivity contribution is 7.92. The standard InChI is InChI=1S/C30H43N3O4S/c1-6-28(30(35)31-26-10-7-8-11-26)32(21-25-15-13-22(2)14-16-25)29(34)12-9-17-33(38(5,36)37)27-19-23(3)18-24(4)20-27/h13-16,18-20,26,28H,6-12,17,21H2,1-5H3,(H,31,35)/t28-/m0/s1.